The third-order valence-corrected chi connectivity index (χ3v) is 8.12. The first-order chi connectivity index (χ1) is 14.7. The average molecular weight is 456 g/mol. The molecule has 10 heteroatoms. The number of nitrogens with zero attached hydrogens (tertiary/aromatic N) is 2. The van der Waals surface area contributed by atoms with Crippen molar-refractivity contribution in [3.05, 3.63) is 34.2 Å². The molecule has 3 aliphatic rings. The van der Waals surface area contributed by atoms with Crippen molar-refractivity contribution >= 4 is 22.0 Å². The molecule has 31 heavy (non-hydrogen) atoms. The summed E-state index contributed by atoms with van der Waals surface area (Å²) in [5.41, 5.74) is 1.49. The minimum Gasteiger partial charge on any atom is -0.435 e. The van der Waals surface area contributed by atoms with Crippen molar-refractivity contribution < 1.29 is 26.7 Å². The molecule has 0 radical (unpaired) electrons. The molecule has 1 saturated heterocycles. The second-order valence-electron chi connectivity index (χ2n) is 8.25. The Morgan fingerprint density at radius 1 is 1.16 bits per heavy atom. The number of alkyl halides is 2. The highest BCUT2D eigenvalue weighted by molar-refractivity contribution is 7.93. The summed E-state index contributed by atoms with van der Waals surface area (Å²) in [6.07, 6.45) is 4.44. The molecular weight excluding hydrogens is 428 g/mol. The minimum atomic E-state index is -3.62. The van der Waals surface area contributed by atoms with Crippen molar-refractivity contribution in [2.75, 3.05) is 26.2 Å². The molecule has 2 aliphatic carbocycles. The summed E-state index contributed by atoms with van der Waals surface area (Å²) in [6.45, 7) is 0.611. The summed E-state index contributed by atoms with van der Waals surface area (Å²) < 4.78 is 57.0. The molecule has 0 bridgehead atoms. The van der Waals surface area contributed by atoms with Crippen LogP contribution in [-0.4, -0.2) is 68.4 Å². The van der Waals surface area contributed by atoms with Gasteiger partial charge in [0, 0.05) is 32.2 Å². The lowest BCUT2D eigenvalue weighted by molar-refractivity contribution is -0.126. The van der Waals surface area contributed by atoms with Crippen LogP contribution in [0, 0.1) is 0 Å². The minimum absolute atomic E-state index is 0.000550. The number of hydrogen-bond acceptors (Lipinski definition) is 5. The van der Waals surface area contributed by atoms with E-state index in [0.717, 1.165) is 18.4 Å². The second-order valence-corrected chi connectivity index (χ2v) is 10.2. The van der Waals surface area contributed by atoms with Gasteiger partial charge >= 0.3 is 6.61 Å². The lowest BCUT2D eigenvalue weighted by atomic mass is 9.97. The summed E-state index contributed by atoms with van der Waals surface area (Å²) >= 11 is 0. The van der Waals surface area contributed by atoms with Crippen LogP contribution in [-0.2, 0) is 21.2 Å². The number of halogens is 2. The SMILES string of the molecule is CC(C(=O)NC1CC1)N1CCN(S(=O)(=O)C2=Cc3ccc(OC(F)F)cc3CC2)CC1. The highest BCUT2D eigenvalue weighted by Crippen LogP contribution is 2.32. The summed E-state index contributed by atoms with van der Waals surface area (Å²) in [7, 11) is -3.62. The lowest BCUT2D eigenvalue weighted by Crippen LogP contribution is -2.55. The van der Waals surface area contributed by atoms with Crippen molar-refractivity contribution in [2.45, 2.75) is 51.3 Å². The fourth-order valence-electron chi connectivity index (χ4n) is 4.03. The Morgan fingerprint density at radius 3 is 2.52 bits per heavy atom. The fraction of sp³-hybridized carbons (Fsp3) is 0.571. The summed E-state index contributed by atoms with van der Waals surface area (Å²) in [4.78, 5) is 14.6. The number of allylic oxidation sites excluding steroid dienone is 1. The van der Waals surface area contributed by atoms with Crippen molar-refractivity contribution in [3.63, 3.8) is 0 Å². The first kappa shape index (κ1) is 22.2. The van der Waals surface area contributed by atoms with Crippen molar-refractivity contribution in [1.82, 2.24) is 14.5 Å². The molecule has 1 N–H and O–H groups in total. The number of sulfonamides is 1. The van der Waals surface area contributed by atoms with Crippen LogP contribution in [0.5, 0.6) is 5.75 Å². The maximum atomic E-state index is 13.2. The third kappa shape index (κ3) is 5.07. The number of piperazine rings is 1. The van der Waals surface area contributed by atoms with E-state index in [1.54, 1.807) is 12.1 Å². The predicted molar refractivity (Wildman–Crippen MR) is 112 cm³/mol. The summed E-state index contributed by atoms with van der Waals surface area (Å²) in [6, 6.07) is 4.59. The quantitative estimate of drug-likeness (QED) is 0.682. The van der Waals surface area contributed by atoms with E-state index in [4.69, 9.17) is 0 Å². The molecule has 1 atom stereocenters. The monoisotopic (exact) mass is 455 g/mol. The maximum Gasteiger partial charge on any atom is 0.387 e. The van der Waals surface area contributed by atoms with Crippen molar-refractivity contribution in [2.24, 2.45) is 0 Å². The molecule has 1 aromatic rings. The maximum absolute atomic E-state index is 13.2. The van der Waals surface area contributed by atoms with Gasteiger partial charge in [0.25, 0.3) is 0 Å². The molecule has 1 aromatic carbocycles. The van der Waals surface area contributed by atoms with Gasteiger partial charge in [-0.3, -0.25) is 9.69 Å². The zero-order valence-electron chi connectivity index (χ0n) is 17.4. The third-order valence-electron chi connectivity index (χ3n) is 6.09. The number of amides is 1. The topological polar surface area (TPSA) is 79.0 Å². The number of aryl methyl sites for hydroxylation is 1. The van der Waals surface area contributed by atoms with Crippen molar-refractivity contribution in [1.29, 1.82) is 0 Å². The van der Waals surface area contributed by atoms with Crippen LogP contribution in [0.1, 0.15) is 37.3 Å². The van der Waals surface area contributed by atoms with E-state index in [9.17, 15) is 22.0 Å². The zero-order valence-corrected chi connectivity index (χ0v) is 18.2. The van der Waals surface area contributed by atoms with E-state index in [1.165, 1.54) is 16.4 Å². The van der Waals surface area contributed by atoms with Crippen LogP contribution >= 0.6 is 0 Å². The van der Waals surface area contributed by atoms with Gasteiger partial charge in [0.2, 0.25) is 15.9 Å². The highest BCUT2D eigenvalue weighted by Gasteiger charge is 2.34. The number of ether oxygens (including phenoxy) is 1. The molecule has 1 saturated carbocycles. The van der Waals surface area contributed by atoms with E-state index >= 15 is 0 Å². The van der Waals surface area contributed by atoms with Crippen LogP contribution < -0.4 is 10.1 Å². The van der Waals surface area contributed by atoms with Gasteiger partial charge in [0.15, 0.2) is 0 Å². The van der Waals surface area contributed by atoms with Crippen LogP contribution in [0.25, 0.3) is 6.08 Å². The highest BCUT2D eigenvalue weighted by atomic mass is 32.2. The Balaban J connectivity index is 1.40. The smallest absolute Gasteiger partial charge is 0.387 e. The number of benzene rings is 1. The van der Waals surface area contributed by atoms with Crippen LogP contribution in [0.4, 0.5) is 8.78 Å². The average Bonchev–Trinajstić information content (AvgIpc) is 3.56. The first-order valence-corrected chi connectivity index (χ1v) is 12.0. The largest absolute Gasteiger partial charge is 0.435 e. The Bertz CT molecular complexity index is 971. The van der Waals surface area contributed by atoms with Gasteiger partial charge < -0.3 is 10.1 Å². The van der Waals surface area contributed by atoms with E-state index in [0.29, 0.717) is 55.5 Å². The van der Waals surface area contributed by atoms with Crippen LogP contribution in [0.2, 0.25) is 0 Å². The molecule has 0 aromatic heterocycles. The molecule has 1 heterocycles. The molecule has 0 spiro atoms. The van der Waals surface area contributed by atoms with E-state index in [1.807, 2.05) is 11.8 Å². The number of rotatable bonds is 7. The van der Waals surface area contributed by atoms with Gasteiger partial charge in [-0.1, -0.05) is 6.07 Å². The Hall–Kier alpha value is -2.04. The van der Waals surface area contributed by atoms with Gasteiger partial charge in [-0.15, -0.1) is 0 Å². The standard InChI is InChI=1S/C21H27F2N3O4S/c1-14(20(27)24-17-4-5-17)25-8-10-26(11-9-25)31(28,29)19-7-3-15-12-18(30-21(22)23)6-2-16(15)13-19/h2,6,12-14,17,21H,3-5,7-11H2,1H3,(H,24,27). The van der Waals surface area contributed by atoms with Gasteiger partial charge in [0.1, 0.15) is 5.75 Å². The van der Waals surface area contributed by atoms with Crippen LogP contribution in [0.15, 0.2) is 23.1 Å². The molecule has 1 aliphatic heterocycles. The molecule has 1 unspecified atom stereocenters. The number of hydrogen-bond donors (Lipinski definition) is 1. The second kappa shape index (κ2) is 8.84. The van der Waals surface area contributed by atoms with Gasteiger partial charge in [-0.2, -0.15) is 13.1 Å². The molecule has 2 fully saturated rings. The van der Waals surface area contributed by atoms with E-state index in [2.05, 4.69) is 10.1 Å². The molecule has 170 valence electrons. The van der Waals surface area contributed by atoms with Gasteiger partial charge in [0.05, 0.1) is 10.9 Å². The Morgan fingerprint density at radius 2 is 1.87 bits per heavy atom. The number of fused-ring (bicyclic) bond motifs is 1. The van der Waals surface area contributed by atoms with Gasteiger partial charge in [-0.25, -0.2) is 8.42 Å². The van der Waals surface area contributed by atoms with Crippen molar-refractivity contribution in [3.8, 4) is 5.75 Å². The molecule has 1 amide bonds. The Labute approximate surface area is 181 Å². The van der Waals surface area contributed by atoms with E-state index < -0.39 is 16.6 Å². The van der Waals surface area contributed by atoms with E-state index in [-0.39, 0.29) is 17.7 Å². The van der Waals surface area contributed by atoms with Gasteiger partial charge in [-0.05, 0) is 61.9 Å². The Kier molecular flexibility index (Phi) is 6.32. The number of nitrogens with one attached hydrogen (secondary N) is 1. The number of carbonyl (C=O) groups excluding carboxylic acids is 1. The summed E-state index contributed by atoms with van der Waals surface area (Å²) in [5.74, 6) is 0.0741. The molecule has 4 rings (SSSR count). The lowest BCUT2D eigenvalue weighted by Gasteiger charge is -2.37. The predicted octanol–water partition coefficient (Wildman–Crippen LogP) is 2.19. The fourth-order valence-corrected chi connectivity index (χ4v) is 5.65. The molecule has 7 nitrogen and oxygen atoms in total. The molecular formula is C21H27F2N3O4S. The summed E-state index contributed by atoms with van der Waals surface area (Å²) in [5, 5.41) is 3.00. The number of carbonyl (C=O) groups is 1. The first-order valence-electron chi connectivity index (χ1n) is 10.6. The normalized spacial score (nSPS) is 21.4. The zero-order chi connectivity index (χ0) is 22.2. The van der Waals surface area contributed by atoms with Crippen LogP contribution in [0.3, 0.4) is 0 Å².